The lowest BCUT2D eigenvalue weighted by Gasteiger charge is -2.21. The number of halogens is 1. The number of anilines is 1. The predicted molar refractivity (Wildman–Crippen MR) is 73.2 cm³/mol. The van der Waals surface area contributed by atoms with Gasteiger partial charge in [-0.2, -0.15) is 0 Å². The average molecular weight is 261 g/mol. The second-order valence-electron chi connectivity index (χ2n) is 5.31. The van der Waals surface area contributed by atoms with E-state index in [1.165, 1.54) is 16.7 Å². The monoisotopic (exact) mass is 261 g/mol. The summed E-state index contributed by atoms with van der Waals surface area (Å²) in [6.07, 6.45) is 2.70. The van der Waals surface area contributed by atoms with Crippen molar-refractivity contribution in [3.63, 3.8) is 0 Å². The summed E-state index contributed by atoms with van der Waals surface area (Å²) >= 11 is 0. The van der Waals surface area contributed by atoms with Crippen LogP contribution in [0.3, 0.4) is 0 Å². The van der Waals surface area contributed by atoms with Gasteiger partial charge >= 0.3 is 0 Å². The molecule has 0 radical (unpaired) electrons. The molecule has 0 aliphatic heterocycles. The lowest BCUT2D eigenvalue weighted by atomic mass is 10.1. The molecule has 0 spiro atoms. The summed E-state index contributed by atoms with van der Waals surface area (Å²) in [5.41, 5.74) is 0.0619. The third kappa shape index (κ3) is 3.19. The van der Waals surface area contributed by atoms with Crippen molar-refractivity contribution in [2.75, 3.05) is 5.32 Å². The molecule has 2 rings (SSSR count). The lowest BCUT2D eigenvalue weighted by molar-refractivity contribution is 0.619. The van der Waals surface area contributed by atoms with E-state index in [4.69, 9.17) is 0 Å². The maximum Gasteiger partial charge on any atom is 0.279 e. The number of rotatable bonds is 2. The normalized spacial score (nSPS) is 11.4. The van der Waals surface area contributed by atoms with Gasteiger partial charge in [0.1, 0.15) is 17.3 Å². The zero-order valence-electron chi connectivity index (χ0n) is 11.1. The van der Waals surface area contributed by atoms with Gasteiger partial charge in [-0.1, -0.05) is 0 Å². The van der Waals surface area contributed by atoms with Crippen LogP contribution in [0.15, 0.2) is 41.5 Å². The van der Waals surface area contributed by atoms with Crippen LogP contribution in [0, 0.1) is 5.82 Å². The predicted octanol–water partition coefficient (Wildman–Crippen LogP) is 2.58. The summed E-state index contributed by atoms with van der Waals surface area (Å²) in [5, 5.41) is 3.14. The van der Waals surface area contributed by atoms with E-state index in [1.54, 1.807) is 18.3 Å². The van der Waals surface area contributed by atoms with Gasteiger partial charge in [-0.05, 0) is 45.0 Å². The van der Waals surface area contributed by atoms with Crippen molar-refractivity contribution >= 4 is 5.69 Å². The van der Waals surface area contributed by atoms with Crippen molar-refractivity contribution in [3.05, 3.63) is 52.8 Å². The smallest absolute Gasteiger partial charge is 0.279 e. The Morgan fingerprint density at radius 2 is 2.00 bits per heavy atom. The fourth-order valence-corrected chi connectivity index (χ4v) is 1.68. The fourth-order valence-electron chi connectivity index (χ4n) is 1.68. The van der Waals surface area contributed by atoms with Gasteiger partial charge in [0.15, 0.2) is 0 Å². The maximum atomic E-state index is 12.8. The topological polar surface area (TPSA) is 46.9 Å². The summed E-state index contributed by atoms with van der Waals surface area (Å²) in [6, 6.07) is 6.21. The van der Waals surface area contributed by atoms with E-state index in [2.05, 4.69) is 10.3 Å². The minimum absolute atomic E-state index is 0.212. The van der Waals surface area contributed by atoms with Crippen molar-refractivity contribution in [1.29, 1.82) is 0 Å². The van der Waals surface area contributed by atoms with Gasteiger partial charge in [0.05, 0.1) is 6.20 Å². The van der Waals surface area contributed by atoms with Crippen LogP contribution in [0.5, 0.6) is 0 Å². The minimum atomic E-state index is -0.430. The Labute approximate surface area is 110 Å². The standard InChI is InChI=1S/C14H16FN3O/c1-14(2,3)17-11-5-4-8-18(13(11)19)12-7-6-10(15)9-16-12/h4-9,17H,1-3H3. The van der Waals surface area contributed by atoms with Gasteiger partial charge in [-0.15, -0.1) is 0 Å². The van der Waals surface area contributed by atoms with E-state index < -0.39 is 5.82 Å². The van der Waals surface area contributed by atoms with Crippen molar-refractivity contribution in [2.24, 2.45) is 0 Å². The van der Waals surface area contributed by atoms with Crippen LogP contribution in [0.2, 0.25) is 0 Å². The number of nitrogens with one attached hydrogen (secondary N) is 1. The molecule has 0 bridgehead atoms. The van der Waals surface area contributed by atoms with Crippen molar-refractivity contribution in [1.82, 2.24) is 9.55 Å². The number of hydrogen-bond acceptors (Lipinski definition) is 3. The molecule has 0 aliphatic rings. The first-order chi connectivity index (χ1) is 8.87. The zero-order chi connectivity index (χ0) is 14.0. The molecule has 5 heteroatoms. The average Bonchev–Trinajstić information content (AvgIpc) is 2.32. The molecular formula is C14H16FN3O. The Hall–Kier alpha value is -2.17. The van der Waals surface area contributed by atoms with E-state index >= 15 is 0 Å². The molecular weight excluding hydrogens is 245 g/mol. The highest BCUT2D eigenvalue weighted by atomic mass is 19.1. The van der Waals surface area contributed by atoms with Crippen LogP contribution in [0.1, 0.15) is 20.8 Å². The van der Waals surface area contributed by atoms with Gasteiger partial charge in [0, 0.05) is 11.7 Å². The largest absolute Gasteiger partial charge is 0.376 e. The first-order valence-electron chi connectivity index (χ1n) is 5.99. The summed E-state index contributed by atoms with van der Waals surface area (Å²) < 4.78 is 14.2. The SMILES string of the molecule is CC(C)(C)Nc1cccn(-c2ccc(F)cn2)c1=O. The van der Waals surface area contributed by atoms with E-state index in [0.29, 0.717) is 11.5 Å². The first-order valence-corrected chi connectivity index (χ1v) is 5.99. The highest BCUT2D eigenvalue weighted by Gasteiger charge is 2.13. The molecule has 2 heterocycles. The first kappa shape index (κ1) is 13.3. The van der Waals surface area contributed by atoms with Gasteiger partial charge in [0.2, 0.25) is 0 Å². The molecule has 2 aromatic heterocycles. The third-order valence-corrected chi connectivity index (χ3v) is 2.42. The molecule has 0 unspecified atom stereocenters. The van der Waals surface area contributed by atoms with Crippen molar-refractivity contribution in [3.8, 4) is 5.82 Å². The fraction of sp³-hybridized carbons (Fsp3) is 0.286. The molecule has 1 N–H and O–H groups in total. The highest BCUT2D eigenvalue weighted by Crippen LogP contribution is 2.11. The van der Waals surface area contributed by atoms with E-state index in [-0.39, 0.29) is 11.1 Å². The van der Waals surface area contributed by atoms with E-state index in [0.717, 1.165) is 6.20 Å². The number of aromatic nitrogens is 2. The zero-order valence-corrected chi connectivity index (χ0v) is 11.1. The summed E-state index contributed by atoms with van der Waals surface area (Å²) in [7, 11) is 0. The Balaban J connectivity index is 2.46. The van der Waals surface area contributed by atoms with Crippen LogP contribution in [0.4, 0.5) is 10.1 Å². The molecule has 0 atom stereocenters. The van der Waals surface area contributed by atoms with E-state index in [1.807, 2.05) is 20.8 Å². The van der Waals surface area contributed by atoms with Crippen LogP contribution in [-0.2, 0) is 0 Å². The Kier molecular flexibility index (Phi) is 3.38. The quantitative estimate of drug-likeness (QED) is 0.903. The molecule has 19 heavy (non-hydrogen) atoms. The molecule has 0 aromatic carbocycles. The van der Waals surface area contributed by atoms with Crippen molar-refractivity contribution in [2.45, 2.75) is 26.3 Å². The molecule has 4 nitrogen and oxygen atoms in total. The van der Waals surface area contributed by atoms with Crippen LogP contribution in [-0.4, -0.2) is 15.1 Å². The molecule has 0 saturated carbocycles. The van der Waals surface area contributed by atoms with Gasteiger partial charge in [-0.25, -0.2) is 9.37 Å². The molecule has 0 aliphatic carbocycles. The summed E-state index contributed by atoms with van der Waals surface area (Å²) in [5.74, 6) is -0.0373. The Morgan fingerprint density at radius 1 is 1.26 bits per heavy atom. The Morgan fingerprint density at radius 3 is 2.58 bits per heavy atom. The Bertz CT molecular complexity index is 626. The van der Waals surface area contributed by atoms with Gasteiger partial charge in [0.25, 0.3) is 5.56 Å². The minimum Gasteiger partial charge on any atom is -0.376 e. The van der Waals surface area contributed by atoms with E-state index in [9.17, 15) is 9.18 Å². The van der Waals surface area contributed by atoms with Crippen LogP contribution >= 0.6 is 0 Å². The molecule has 0 saturated heterocycles. The number of hydrogen-bond donors (Lipinski definition) is 1. The highest BCUT2D eigenvalue weighted by molar-refractivity contribution is 5.44. The maximum absolute atomic E-state index is 12.8. The lowest BCUT2D eigenvalue weighted by Crippen LogP contribution is -2.31. The molecule has 2 aromatic rings. The summed E-state index contributed by atoms with van der Waals surface area (Å²) in [4.78, 5) is 16.2. The van der Waals surface area contributed by atoms with Gasteiger partial charge in [-0.3, -0.25) is 9.36 Å². The van der Waals surface area contributed by atoms with Crippen LogP contribution in [0.25, 0.3) is 5.82 Å². The molecule has 100 valence electrons. The number of nitrogens with zero attached hydrogens (tertiary/aromatic N) is 2. The second kappa shape index (κ2) is 4.84. The molecule has 0 amide bonds. The number of pyridine rings is 2. The second-order valence-corrected chi connectivity index (χ2v) is 5.31. The summed E-state index contributed by atoms with van der Waals surface area (Å²) in [6.45, 7) is 5.92. The van der Waals surface area contributed by atoms with Crippen LogP contribution < -0.4 is 10.9 Å². The van der Waals surface area contributed by atoms with Gasteiger partial charge < -0.3 is 5.32 Å². The van der Waals surface area contributed by atoms with Crippen molar-refractivity contribution < 1.29 is 4.39 Å². The third-order valence-electron chi connectivity index (χ3n) is 2.42. The molecule has 0 fully saturated rings.